The van der Waals surface area contributed by atoms with E-state index < -0.39 is 33.0 Å². The van der Waals surface area contributed by atoms with Gasteiger partial charge in [0.1, 0.15) is 6.04 Å². The molecule has 1 atom stereocenters. The molecule has 104 valence electrons. The highest BCUT2D eigenvalue weighted by Gasteiger charge is 2.34. The summed E-state index contributed by atoms with van der Waals surface area (Å²) in [5.74, 6) is -1.57. The average molecular weight is 277 g/mol. The SMILES string of the molecule is COC(=O)C(CS(=O)(=O)C1CCCC1)NC(C)=O. The molecular formula is C11H19NO5S. The molecule has 0 radical (unpaired) electrons. The maximum atomic E-state index is 12.1. The highest BCUT2D eigenvalue weighted by atomic mass is 32.2. The number of esters is 1. The highest BCUT2D eigenvalue weighted by Crippen LogP contribution is 2.25. The Labute approximate surface area is 107 Å². The maximum Gasteiger partial charge on any atom is 0.329 e. The third-order valence-corrected chi connectivity index (χ3v) is 5.36. The molecule has 0 aromatic carbocycles. The lowest BCUT2D eigenvalue weighted by Crippen LogP contribution is -2.46. The van der Waals surface area contributed by atoms with Crippen LogP contribution in [0.25, 0.3) is 0 Å². The second-order valence-electron chi connectivity index (χ2n) is 4.51. The third kappa shape index (κ3) is 3.97. The molecule has 1 fully saturated rings. The first kappa shape index (κ1) is 14.9. The van der Waals surface area contributed by atoms with Crippen molar-refractivity contribution in [3.63, 3.8) is 0 Å². The van der Waals surface area contributed by atoms with Gasteiger partial charge in [-0.15, -0.1) is 0 Å². The van der Waals surface area contributed by atoms with Crippen molar-refractivity contribution in [1.82, 2.24) is 5.32 Å². The van der Waals surface area contributed by atoms with E-state index in [4.69, 9.17) is 0 Å². The van der Waals surface area contributed by atoms with Crippen molar-refractivity contribution >= 4 is 21.7 Å². The van der Waals surface area contributed by atoms with Crippen LogP contribution in [0.15, 0.2) is 0 Å². The van der Waals surface area contributed by atoms with Crippen LogP contribution < -0.4 is 5.32 Å². The summed E-state index contributed by atoms with van der Waals surface area (Å²) >= 11 is 0. The zero-order valence-electron chi connectivity index (χ0n) is 10.6. The summed E-state index contributed by atoms with van der Waals surface area (Å²) in [5.41, 5.74) is 0. The summed E-state index contributed by atoms with van der Waals surface area (Å²) in [6, 6.07) is -1.11. The molecule has 1 unspecified atom stereocenters. The van der Waals surface area contributed by atoms with E-state index in [0.29, 0.717) is 12.8 Å². The van der Waals surface area contributed by atoms with Crippen LogP contribution in [0.2, 0.25) is 0 Å². The molecule has 1 rings (SSSR count). The predicted molar refractivity (Wildman–Crippen MR) is 65.7 cm³/mol. The number of ether oxygens (including phenoxy) is 1. The number of amides is 1. The number of nitrogens with one attached hydrogen (secondary N) is 1. The van der Waals surface area contributed by atoms with Gasteiger partial charge in [0.2, 0.25) is 5.91 Å². The van der Waals surface area contributed by atoms with Crippen molar-refractivity contribution in [3.8, 4) is 0 Å². The van der Waals surface area contributed by atoms with Gasteiger partial charge in [-0.25, -0.2) is 13.2 Å². The summed E-state index contributed by atoms with van der Waals surface area (Å²) in [7, 11) is -2.21. The second-order valence-corrected chi connectivity index (χ2v) is 6.84. The largest absolute Gasteiger partial charge is 0.467 e. The maximum absolute atomic E-state index is 12.1. The van der Waals surface area contributed by atoms with Gasteiger partial charge in [0.05, 0.1) is 18.1 Å². The van der Waals surface area contributed by atoms with Gasteiger partial charge in [-0.2, -0.15) is 0 Å². The summed E-state index contributed by atoms with van der Waals surface area (Å²) in [6.45, 7) is 1.23. The fraction of sp³-hybridized carbons (Fsp3) is 0.818. The van der Waals surface area contributed by atoms with Gasteiger partial charge in [-0.05, 0) is 12.8 Å². The molecule has 1 saturated carbocycles. The lowest BCUT2D eigenvalue weighted by atomic mass is 10.3. The number of hydrogen-bond acceptors (Lipinski definition) is 5. The Bertz CT molecular complexity index is 411. The number of rotatable bonds is 5. The van der Waals surface area contributed by atoms with Gasteiger partial charge >= 0.3 is 5.97 Å². The van der Waals surface area contributed by atoms with Crippen molar-refractivity contribution < 1.29 is 22.7 Å². The van der Waals surface area contributed by atoms with Gasteiger partial charge < -0.3 is 10.1 Å². The first-order valence-electron chi connectivity index (χ1n) is 5.93. The molecule has 18 heavy (non-hydrogen) atoms. The molecule has 0 saturated heterocycles. The molecule has 0 heterocycles. The summed E-state index contributed by atoms with van der Waals surface area (Å²) < 4.78 is 28.7. The van der Waals surface area contributed by atoms with E-state index in [2.05, 4.69) is 10.1 Å². The molecule has 1 aliphatic rings. The number of carbonyl (C=O) groups is 2. The van der Waals surface area contributed by atoms with Crippen LogP contribution in [0.5, 0.6) is 0 Å². The average Bonchev–Trinajstić information content (AvgIpc) is 2.80. The molecule has 0 aliphatic heterocycles. The summed E-state index contributed by atoms with van der Waals surface area (Å²) in [6.07, 6.45) is 3.06. The second kappa shape index (κ2) is 6.17. The Kier molecular flexibility index (Phi) is 5.13. The standard InChI is InChI=1S/C11H19NO5S/c1-8(13)12-10(11(14)17-2)7-18(15,16)9-5-3-4-6-9/h9-10H,3-7H2,1-2H3,(H,12,13). The normalized spacial score (nSPS) is 18.3. The molecule has 0 aromatic rings. The van der Waals surface area contributed by atoms with Crippen LogP contribution in [0, 0.1) is 0 Å². The fourth-order valence-electron chi connectivity index (χ4n) is 2.17. The topological polar surface area (TPSA) is 89.5 Å². The Balaban J connectivity index is 2.75. The van der Waals surface area contributed by atoms with Crippen LogP contribution in [0.1, 0.15) is 32.6 Å². The van der Waals surface area contributed by atoms with E-state index in [1.165, 1.54) is 14.0 Å². The minimum absolute atomic E-state index is 0.385. The molecular weight excluding hydrogens is 258 g/mol. The van der Waals surface area contributed by atoms with Crippen LogP contribution >= 0.6 is 0 Å². The molecule has 0 aromatic heterocycles. The summed E-state index contributed by atoms with van der Waals surface area (Å²) in [5, 5.41) is 1.93. The molecule has 0 bridgehead atoms. The van der Waals surface area contributed by atoms with Crippen LogP contribution in [-0.4, -0.2) is 44.4 Å². The fourth-order valence-corrected chi connectivity index (χ4v) is 4.18. The van der Waals surface area contributed by atoms with E-state index >= 15 is 0 Å². The molecule has 0 spiro atoms. The van der Waals surface area contributed by atoms with Gasteiger partial charge in [0.15, 0.2) is 9.84 Å². The molecule has 1 amide bonds. The quantitative estimate of drug-likeness (QED) is 0.716. The minimum atomic E-state index is -3.38. The van der Waals surface area contributed by atoms with Gasteiger partial charge in [0, 0.05) is 6.92 Å². The van der Waals surface area contributed by atoms with Crippen molar-refractivity contribution in [3.05, 3.63) is 0 Å². The third-order valence-electron chi connectivity index (χ3n) is 3.07. The van der Waals surface area contributed by atoms with E-state index in [9.17, 15) is 18.0 Å². The van der Waals surface area contributed by atoms with Gasteiger partial charge in [-0.3, -0.25) is 4.79 Å². The van der Waals surface area contributed by atoms with Crippen molar-refractivity contribution in [2.24, 2.45) is 0 Å². The first-order valence-corrected chi connectivity index (χ1v) is 7.65. The minimum Gasteiger partial charge on any atom is -0.467 e. The number of methoxy groups -OCH3 is 1. The monoisotopic (exact) mass is 277 g/mol. The zero-order valence-corrected chi connectivity index (χ0v) is 11.5. The Hall–Kier alpha value is -1.11. The smallest absolute Gasteiger partial charge is 0.329 e. The lowest BCUT2D eigenvalue weighted by Gasteiger charge is -2.18. The van der Waals surface area contributed by atoms with E-state index in [0.717, 1.165) is 12.8 Å². The van der Waals surface area contributed by atoms with E-state index in [-0.39, 0.29) is 5.75 Å². The van der Waals surface area contributed by atoms with Crippen LogP contribution in [-0.2, 0) is 24.2 Å². The lowest BCUT2D eigenvalue weighted by molar-refractivity contribution is -0.144. The molecule has 7 heteroatoms. The Morgan fingerprint density at radius 1 is 1.33 bits per heavy atom. The van der Waals surface area contributed by atoms with E-state index in [1.54, 1.807) is 0 Å². The molecule has 1 aliphatic carbocycles. The van der Waals surface area contributed by atoms with E-state index in [1.807, 2.05) is 0 Å². The summed E-state index contributed by atoms with van der Waals surface area (Å²) in [4.78, 5) is 22.4. The Morgan fingerprint density at radius 2 is 1.89 bits per heavy atom. The molecule has 6 nitrogen and oxygen atoms in total. The van der Waals surface area contributed by atoms with Gasteiger partial charge in [-0.1, -0.05) is 12.8 Å². The predicted octanol–water partition coefficient (Wildman–Crippen LogP) is 0.0215. The number of sulfone groups is 1. The number of carbonyl (C=O) groups excluding carboxylic acids is 2. The van der Waals surface area contributed by atoms with Crippen molar-refractivity contribution in [1.29, 1.82) is 0 Å². The van der Waals surface area contributed by atoms with Crippen molar-refractivity contribution in [2.45, 2.75) is 43.9 Å². The van der Waals surface area contributed by atoms with Crippen LogP contribution in [0.4, 0.5) is 0 Å². The number of hydrogen-bond donors (Lipinski definition) is 1. The zero-order chi connectivity index (χ0) is 13.8. The van der Waals surface area contributed by atoms with Gasteiger partial charge in [0.25, 0.3) is 0 Å². The highest BCUT2D eigenvalue weighted by molar-refractivity contribution is 7.92. The van der Waals surface area contributed by atoms with Crippen molar-refractivity contribution in [2.75, 3.05) is 12.9 Å². The van der Waals surface area contributed by atoms with Crippen LogP contribution in [0.3, 0.4) is 0 Å². The molecule has 1 N–H and O–H groups in total. The first-order chi connectivity index (χ1) is 8.36. The Morgan fingerprint density at radius 3 is 2.33 bits per heavy atom.